The third-order valence-corrected chi connectivity index (χ3v) is 2.61. The van der Waals surface area contributed by atoms with Gasteiger partial charge in [0, 0.05) is 18.7 Å². The van der Waals surface area contributed by atoms with Gasteiger partial charge in [-0.05, 0) is 32.8 Å². The summed E-state index contributed by atoms with van der Waals surface area (Å²) in [6, 6.07) is 2.61. The van der Waals surface area contributed by atoms with Crippen LogP contribution in [-0.4, -0.2) is 32.9 Å². The zero-order chi connectivity index (χ0) is 14.4. The van der Waals surface area contributed by atoms with Crippen molar-refractivity contribution in [2.75, 3.05) is 0 Å². The van der Waals surface area contributed by atoms with Crippen molar-refractivity contribution in [3.05, 3.63) is 28.2 Å². The Hall–Kier alpha value is -1.69. The predicted molar refractivity (Wildman–Crippen MR) is 72.0 cm³/mol. The quantitative estimate of drug-likeness (QED) is 0.788. The molecule has 0 radical (unpaired) electrons. The van der Waals surface area contributed by atoms with Crippen molar-refractivity contribution in [3.8, 4) is 0 Å². The van der Waals surface area contributed by atoms with Crippen LogP contribution in [0.1, 0.15) is 44.1 Å². The Morgan fingerprint density at radius 1 is 1.47 bits per heavy atom. The van der Waals surface area contributed by atoms with Gasteiger partial charge in [0.2, 0.25) is 0 Å². The summed E-state index contributed by atoms with van der Waals surface area (Å²) in [6.45, 7) is 5.91. The number of nitrogens with one attached hydrogen (secondary N) is 1. The third-order valence-electron chi connectivity index (χ3n) is 2.61. The van der Waals surface area contributed by atoms with Crippen LogP contribution < -0.4 is 10.9 Å². The smallest absolute Gasteiger partial charge is 0.271 e. The molecular formula is C13H21N3O3. The molecule has 1 heterocycles. The molecule has 6 heteroatoms. The van der Waals surface area contributed by atoms with E-state index in [4.69, 9.17) is 0 Å². The summed E-state index contributed by atoms with van der Waals surface area (Å²) in [4.78, 5) is 23.4. The van der Waals surface area contributed by atoms with Crippen LogP contribution in [0.15, 0.2) is 16.9 Å². The molecule has 0 bridgehead atoms. The molecule has 1 amide bonds. The number of aliphatic hydroxyl groups excluding tert-OH is 1. The lowest BCUT2D eigenvalue weighted by molar-refractivity contribution is 0.0915. The topological polar surface area (TPSA) is 84.2 Å². The van der Waals surface area contributed by atoms with Crippen LogP contribution in [0.5, 0.6) is 0 Å². The number of nitrogens with zero attached hydrogens (tertiary/aromatic N) is 2. The molecule has 0 aliphatic carbocycles. The average Bonchev–Trinajstić information content (AvgIpc) is 2.30. The van der Waals surface area contributed by atoms with E-state index in [0.717, 1.165) is 6.42 Å². The van der Waals surface area contributed by atoms with Crippen LogP contribution in [-0.2, 0) is 6.54 Å². The molecule has 0 aromatic carbocycles. The van der Waals surface area contributed by atoms with Gasteiger partial charge in [-0.2, -0.15) is 5.10 Å². The summed E-state index contributed by atoms with van der Waals surface area (Å²) >= 11 is 0. The van der Waals surface area contributed by atoms with E-state index in [9.17, 15) is 14.7 Å². The Kier molecular flexibility index (Phi) is 5.69. The fourth-order valence-corrected chi connectivity index (χ4v) is 1.81. The number of hydrogen-bond acceptors (Lipinski definition) is 4. The normalized spacial score (nSPS) is 13.9. The Morgan fingerprint density at radius 2 is 2.16 bits per heavy atom. The van der Waals surface area contributed by atoms with E-state index in [1.807, 2.05) is 13.8 Å². The number of aromatic nitrogens is 2. The molecule has 2 unspecified atom stereocenters. The van der Waals surface area contributed by atoms with Crippen LogP contribution in [0.4, 0.5) is 0 Å². The van der Waals surface area contributed by atoms with Crippen molar-refractivity contribution < 1.29 is 9.90 Å². The first-order valence-electron chi connectivity index (χ1n) is 6.51. The maximum atomic E-state index is 11.9. The molecule has 19 heavy (non-hydrogen) atoms. The highest BCUT2D eigenvalue weighted by Crippen LogP contribution is 1.99. The molecule has 1 aromatic heterocycles. The van der Waals surface area contributed by atoms with Crippen molar-refractivity contribution >= 4 is 5.91 Å². The maximum absolute atomic E-state index is 11.9. The van der Waals surface area contributed by atoms with Crippen LogP contribution >= 0.6 is 0 Å². The molecule has 1 rings (SSSR count). The van der Waals surface area contributed by atoms with Gasteiger partial charge < -0.3 is 10.4 Å². The molecule has 0 aliphatic rings. The number of carbonyl (C=O) groups excluding carboxylic acids is 1. The molecule has 106 valence electrons. The molecule has 2 N–H and O–H groups in total. The first-order chi connectivity index (χ1) is 8.93. The van der Waals surface area contributed by atoms with E-state index in [1.165, 1.54) is 16.8 Å². The Morgan fingerprint density at radius 3 is 2.74 bits per heavy atom. The second-order valence-electron chi connectivity index (χ2n) is 4.74. The first kappa shape index (κ1) is 15.4. The number of amides is 1. The number of carbonyl (C=O) groups is 1. The van der Waals surface area contributed by atoms with Gasteiger partial charge >= 0.3 is 0 Å². The van der Waals surface area contributed by atoms with Crippen LogP contribution in [0, 0.1) is 0 Å². The fraction of sp³-hybridized carbons (Fsp3) is 0.615. The first-order valence-corrected chi connectivity index (χ1v) is 6.51. The lowest BCUT2D eigenvalue weighted by Crippen LogP contribution is -2.36. The summed E-state index contributed by atoms with van der Waals surface area (Å²) in [7, 11) is 0. The van der Waals surface area contributed by atoms with Gasteiger partial charge in [-0.3, -0.25) is 9.59 Å². The fourth-order valence-electron chi connectivity index (χ4n) is 1.81. The molecule has 2 atom stereocenters. The summed E-state index contributed by atoms with van der Waals surface area (Å²) in [5, 5.41) is 16.0. The molecule has 0 aliphatic heterocycles. The number of rotatable bonds is 6. The lowest BCUT2D eigenvalue weighted by atomic mass is 10.1. The monoisotopic (exact) mass is 267 g/mol. The summed E-state index contributed by atoms with van der Waals surface area (Å²) < 4.78 is 1.29. The number of hydrogen-bond donors (Lipinski definition) is 2. The van der Waals surface area contributed by atoms with Gasteiger partial charge in [0.25, 0.3) is 11.5 Å². The molecule has 6 nitrogen and oxygen atoms in total. The lowest BCUT2D eigenvalue weighted by Gasteiger charge is -2.15. The average molecular weight is 267 g/mol. The zero-order valence-electron chi connectivity index (χ0n) is 11.6. The second kappa shape index (κ2) is 7.04. The van der Waals surface area contributed by atoms with Gasteiger partial charge in [0.1, 0.15) is 5.69 Å². The molecule has 0 spiro atoms. The Bertz CT molecular complexity index is 482. The second-order valence-corrected chi connectivity index (χ2v) is 4.74. The number of aryl methyl sites for hydroxylation is 1. The SMILES string of the molecule is CCCn1nc(C(=O)NC(C)CC(C)O)ccc1=O. The van der Waals surface area contributed by atoms with Crippen LogP contribution in [0.2, 0.25) is 0 Å². The minimum absolute atomic E-state index is 0.152. The zero-order valence-corrected chi connectivity index (χ0v) is 11.6. The standard InChI is InChI=1S/C13H21N3O3/c1-4-7-16-12(18)6-5-11(15-16)13(19)14-9(2)8-10(3)17/h5-6,9-10,17H,4,7-8H2,1-3H3,(H,14,19). The molecule has 0 saturated carbocycles. The van der Waals surface area contributed by atoms with Crippen molar-refractivity contribution in [3.63, 3.8) is 0 Å². The van der Waals surface area contributed by atoms with Crippen LogP contribution in [0.25, 0.3) is 0 Å². The van der Waals surface area contributed by atoms with E-state index in [2.05, 4.69) is 10.4 Å². The van der Waals surface area contributed by atoms with E-state index >= 15 is 0 Å². The Labute approximate surface area is 112 Å². The van der Waals surface area contributed by atoms with Gasteiger partial charge in [-0.25, -0.2) is 4.68 Å². The van der Waals surface area contributed by atoms with E-state index in [-0.39, 0.29) is 23.2 Å². The third kappa shape index (κ3) is 4.82. The van der Waals surface area contributed by atoms with Crippen LogP contribution in [0.3, 0.4) is 0 Å². The van der Waals surface area contributed by atoms with E-state index in [1.54, 1.807) is 6.92 Å². The number of aliphatic hydroxyl groups is 1. The highest BCUT2D eigenvalue weighted by atomic mass is 16.3. The minimum atomic E-state index is -0.475. The van der Waals surface area contributed by atoms with Crippen molar-refractivity contribution in [1.82, 2.24) is 15.1 Å². The molecule has 0 fully saturated rings. The molecule has 0 saturated heterocycles. The van der Waals surface area contributed by atoms with Gasteiger partial charge in [-0.15, -0.1) is 0 Å². The van der Waals surface area contributed by atoms with Crippen molar-refractivity contribution in [1.29, 1.82) is 0 Å². The van der Waals surface area contributed by atoms with Gasteiger partial charge in [-0.1, -0.05) is 6.92 Å². The molecular weight excluding hydrogens is 246 g/mol. The molecule has 1 aromatic rings. The van der Waals surface area contributed by atoms with Gasteiger partial charge in [0.15, 0.2) is 0 Å². The Balaban J connectivity index is 2.77. The summed E-state index contributed by atoms with van der Waals surface area (Å²) in [5.74, 6) is -0.335. The highest BCUT2D eigenvalue weighted by Gasteiger charge is 2.13. The summed E-state index contributed by atoms with van der Waals surface area (Å²) in [6.07, 6.45) is 0.772. The largest absolute Gasteiger partial charge is 0.393 e. The van der Waals surface area contributed by atoms with Crippen molar-refractivity contribution in [2.24, 2.45) is 0 Å². The highest BCUT2D eigenvalue weighted by molar-refractivity contribution is 5.92. The van der Waals surface area contributed by atoms with E-state index < -0.39 is 6.10 Å². The maximum Gasteiger partial charge on any atom is 0.271 e. The predicted octanol–water partition coefficient (Wildman–Crippen LogP) is 0.542. The van der Waals surface area contributed by atoms with Crippen molar-refractivity contribution in [2.45, 2.75) is 52.3 Å². The minimum Gasteiger partial charge on any atom is -0.393 e. The summed E-state index contributed by atoms with van der Waals surface area (Å²) in [5.41, 5.74) is 0.000853. The van der Waals surface area contributed by atoms with Gasteiger partial charge in [0.05, 0.1) is 6.10 Å². The van der Waals surface area contributed by atoms with E-state index in [0.29, 0.717) is 13.0 Å².